The van der Waals surface area contributed by atoms with Crippen molar-refractivity contribution in [2.75, 3.05) is 26.1 Å². The Labute approximate surface area is 205 Å². The van der Waals surface area contributed by atoms with Crippen LogP contribution in [0, 0.1) is 5.92 Å². The molecule has 35 heavy (non-hydrogen) atoms. The van der Waals surface area contributed by atoms with E-state index in [0.29, 0.717) is 36.8 Å². The maximum Gasteiger partial charge on any atom is 0.337 e. The second-order valence-electron chi connectivity index (χ2n) is 8.87. The Morgan fingerprint density at radius 2 is 1.91 bits per heavy atom. The molecule has 1 heterocycles. The van der Waals surface area contributed by atoms with E-state index in [1.54, 1.807) is 25.3 Å². The number of carbonyl (C=O) groups excluding carboxylic acids is 2. The van der Waals surface area contributed by atoms with Crippen molar-refractivity contribution in [3.63, 3.8) is 0 Å². The second kappa shape index (κ2) is 11.1. The summed E-state index contributed by atoms with van der Waals surface area (Å²) in [7, 11) is 2.92. The van der Waals surface area contributed by atoms with Gasteiger partial charge in [0.15, 0.2) is 0 Å². The molecule has 1 aliphatic carbocycles. The number of nitrogens with one attached hydrogen (secondary N) is 1. The highest BCUT2D eigenvalue weighted by Gasteiger charge is 2.19. The normalized spacial score (nSPS) is 13.5. The van der Waals surface area contributed by atoms with Gasteiger partial charge in [0.25, 0.3) is 0 Å². The van der Waals surface area contributed by atoms with Gasteiger partial charge in [-0.15, -0.1) is 0 Å². The maximum absolute atomic E-state index is 12.6. The van der Waals surface area contributed by atoms with E-state index < -0.39 is 5.97 Å². The molecule has 0 atom stereocenters. The van der Waals surface area contributed by atoms with E-state index in [1.807, 2.05) is 30.5 Å². The van der Waals surface area contributed by atoms with Crippen molar-refractivity contribution in [1.29, 1.82) is 0 Å². The average molecular weight is 477 g/mol. The van der Waals surface area contributed by atoms with E-state index in [1.165, 1.54) is 20.0 Å². The Hall–Kier alpha value is -3.74. The molecule has 1 aliphatic rings. The Bertz CT molecular complexity index is 1220. The molecule has 4 rings (SSSR count). The van der Waals surface area contributed by atoms with Gasteiger partial charge in [-0.05, 0) is 49.1 Å². The summed E-state index contributed by atoms with van der Waals surface area (Å²) >= 11 is 0. The molecular weight excluding hydrogens is 444 g/mol. The van der Waals surface area contributed by atoms with Crippen molar-refractivity contribution < 1.29 is 23.8 Å². The van der Waals surface area contributed by atoms with Crippen LogP contribution in [0.15, 0.2) is 55.3 Å². The lowest BCUT2D eigenvalue weighted by atomic mass is 10.0. The molecule has 3 aromatic rings. The minimum absolute atomic E-state index is 0.0533. The van der Waals surface area contributed by atoms with Gasteiger partial charge in [0.1, 0.15) is 18.1 Å². The minimum Gasteiger partial charge on any atom is -0.496 e. The van der Waals surface area contributed by atoms with E-state index in [2.05, 4.69) is 16.5 Å². The van der Waals surface area contributed by atoms with Crippen molar-refractivity contribution in [3.05, 3.63) is 66.4 Å². The first-order valence-corrected chi connectivity index (χ1v) is 11.9. The largest absolute Gasteiger partial charge is 0.496 e. The number of rotatable bonds is 10. The molecule has 0 aliphatic heterocycles. The number of hydrogen-bond acceptors (Lipinski definition) is 5. The zero-order valence-electron chi connectivity index (χ0n) is 20.3. The molecule has 0 radical (unpaired) electrons. The number of aromatic nitrogens is 1. The standard InChI is InChI=1S/C28H32N2O5/c1-4-13-35-26-18-30(17-21-10-9-20(28(32)34-3)15-25(21)33-2)24-16-22(11-12-23(24)26)29-27(31)14-19-7-5-6-8-19/h4,9-12,15-16,18-19H,1,5-8,13-14,17H2,2-3H3,(H,29,31). The van der Waals surface area contributed by atoms with Crippen LogP contribution in [0.2, 0.25) is 0 Å². The van der Waals surface area contributed by atoms with Crippen LogP contribution < -0.4 is 14.8 Å². The third-order valence-corrected chi connectivity index (χ3v) is 6.48. The molecule has 0 bridgehead atoms. The van der Waals surface area contributed by atoms with Crippen molar-refractivity contribution in [2.24, 2.45) is 5.92 Å². The number of methoxy groups -OCH3 is 2. The van der Waals surface area contributed by atoms with Crippen LogP contribution in [-0.4, -0.2) is 37.3 Å². The highest BCUT2D eigenvalue weighted by molar-refractivity contribution is 5.95. The predicted octanol–water partition coefficient (Wildman–Crippen LogP) is 5.57. The van der Waals surface area contributed by atoms with Gasteiger partial charge in [-0.25, -0.2) is 4.79 Å². The number of amides is 1. The topological polar surface area (TPSA) is 78.8 Å². The molecule has 0 saturated heterocycles. The Balaban J connectivity index is 1.64. The van der Waals surface area contributed by atoms with E-state index in [0.717, 1.165) is 40.7 Å². The fourth-order valence-corrected chi connectivity index (χ4v) is 4.72. The van der Waals surface area contributed by atoms with Crippen LogP contribution in [0.25, 0.3) is 10.9 Å². The summed E-state index contributed by atoms with van der Waals surface area (Å²) in [5.41, 5.74) is 2.99. The fraction of sp³-hybridized carbons (Fsp3) is 0.357. The molecule has 0 unspecified atom stereocenters. The molecule has 1 amide bonds. The summed E-state index contributed by atoms with van der Waals surface area (Å²) in [6.45, 7) is 4.61. The molecule has 0 spiro atoms. The lowest BCUT2D eigenvalue weighted by Crippen LogP contribution is -2.15. The summed E-state index contributed by atoms with van der Waals surface area (Å²) in [6, 6.07) is 11.1. The van der Waals surface area contributed by atoms with E-state index in [9.17, 15) is 9.59 Å². The molecule has 1 fully saturated rings. The Kier molecular flexibility index (Phi) is 7.75. The summed E-state index contributed by atoms with van der Waals surface area (Å²) in [6.07, 6.45) is 8.91. The first-order chi connectivity index (χ1) is 17.0. The fourth-order valence-electron chi connectivity index (χ4n) is 4.72. The van der Waals surface area contributed by atoms with Crippen molar-refractivity contribution in [1.82, 2.24) is 4.57 Å². The lowest BCUT2D eigenvalue weighted by molar-refractivity contribution is -0.117. The van der Waals surface area contributed by atoms with Gasteiger partial charge in [-0.2, -0.15) is 0 Å². The smallest absolute Gasteiger partial charge is 0.337 e. The molecular formula is C28H32N2O5. The van der Waals surface area contributed by atoms with Gasteiger partial charge in [0.2, 0.25) is 5.91 Å². The van der Waals surface area contributed by atoms with E-state index in [-0.39, 0.29) is 5.91 Å². The summed E-state index contributed by atoms with van der Waals surface area (Å²) in [5.74, 6) is 1.44. The Morgan fingerprint density at radius 1 is 1.11 bits per heavy atom. The van der Waals surface area contributed by atoms with Gasteiger partial charge in [0.05, 0.1) is 31.8 Å². The van der Waals surface area contributed by atoms with Crippen LogP contribution in [0.3, 0.4) is 0 Å². The molecule has 184 valence electrons. The first-order valence-electron chi connectivity index (χ1n) is 11.9. The average Bonchev–Trinajstić information content (AvgIpc) is 3.50. The van der Waals surface area contributed by atoms with E-state index in [4.69, 9.17) is 14.2 Å². The zero-order chi connectivity index (χ0) is 24.8. The summed E-state index contributed by atoms with van der Waals surface area (Å²) in [4.78, 5) is 24.5. The highest BCUT2D eigenvalue weighted by atomic mass is 16.5. The van der Waals surface area contributed by atoms with Crippen LogP contribution in [-0.2, 0) is 16.1 Å². The highest BCUT2D eigenvalue weighted by Crippen LogP contribution is 2.33. The monoisotopic (exact) mass is 476 g/mol. The van der Waals surface area contributed by atoms with Crippen molar-refractivity contribution in [2.45, 2.75) is 38.6 Å². The summed E-state index contributed by atoms with van der Waals surface area (Å²) in [5, 5.41) is 4.00. The van der Waals surface area contributed by atoms with Gasteiger partial charge in [-0.3, -0.25) is 4.79 Å². The Morgan fingerprint density at radius 3 is 2.63 bits per heavy atom. The van der Waals surface area contributed by atoms with Crippen LogP contribution in [0.4, 0.5) is 5.69 Å². The zero-order valence-corrected chi connectivity index (χ0v) is 20.3. The quantitative estimate of drug-likeness (QED) is 0.306. The number of esters is 1. The number of carbonyl (C=O) groups is 2. The third kappa shape index (κ3) is 5.67. The van der Waals surface area contributed by atoms with Crippen LogP contribution >= 0.6 is 0 Å². The van der Waals surface area contributed by atoms with Crippen LogP contribution in [0.1, 0.15) is 48.0 Å². The molecule has 1 aromatic heterocycles. The number of ether oxygens (including phenoxy) is 3. The molecule has 1 saturated carbocycles. The third-order valence-electron chi connectivity index (χ3n) is 6.48. The van der Waals surface area contributed by atoms with Gasteiger partial charge < -0.3 is 24.1 Å². The van der Waals surface area contributed by atoms with Gasteiger partial charge >= 0.3 is 5.97 Å². The number of nitrogens with zero attached hydrogens (tertiary/aromatic N) is 1. The summed E-state index contributed by atoms with van der Waals surface area (Å²) < 4.78 is 18.3. The number of benzene rings is 2. The van der Waals surface area contributed by atoms with Gasteiger partial charge in [0, 0.05) is 29.3 Å². The van der Waals surface area contributed by atoms with Crippen molar-refractivity contribution >= 4 is 28.5 Å². The first kappa shape index (κ1) is 24.4. The lowest BCUT2D eigenvalue weighted by Gasteiger charge is -2.13. The van der Waals surface area contributed by atoms with Crippen molar-refractivity contribution in [3.8, 4) is 11.5 Å². The van der Waals surface area contributed by atoms with E-state index >= 15 is 0 Å². The second-order valence-corrected chi connectivity index (χ2v) is 8.87. The number of hydrogen-bond donors (Lipinski definition) is 1. The van der Waals surface area contributed by atoms with Gasteiger partial charge in [-0.1, -0.05) is 31.6 Å². The number of fused-ring (bicyclic) bond motifs is 1. The molecule has 7 nitrogen and oxygen atoms in total. The molecule has 2 aromatic carbocycles. The maximum atomic E-state index is 12.6. The number of anilines is 1. The van der Waals surface area contributed by atoms with Crippen LogP contribution in [0.5, 0.6) is 11.5 Å². The predicted molar refractivity (Wildman–Crippen MR) is 136 cm³/mol. The SMILES string of the molecule is C=CCOc1cn(Cc2ccc(C(=O)OC)cc2OC)c2cc(NC(=O)CC3CCCC3)ccc12. The molecule has 7 heteroatoms. The minimum atomic E-state index is -0.417. The molecule has 1 N–H and O–H groups in total.